The molecule has 0 aliphatic carbocycles. The minimum atomic E-state index is 0.00608. The van der Waals surface area contributed by atoms with Crippen LogP contribution in [0.4, 0.5) is 0 Å². The van der Waals surface area contributed by atoms with Crippen molar-refractivity contribution >= 4 is 5.91 Å². The molecule has 3 N–H and O–H groups in total. The lowest BCUT2D eigenvalue weighted by Gasteiger charge is -2.14. The zero-order chi connectivity index (χ0) is 14.1. The SMILES string of the molecule is CCCCCCC(C)NC(=O)c1ccc(CN)cc1. The monoisotopic (exact) mass is 262 g/mol. The van der Waals surface area contributed by atoms with Gasteiger partial charge in [0.05, 0.1) is 0 Å². The Hall–Kier alpha value is -1.35. The first-order valence-corrected chi connectivity index (χ1v) is 7.27. The molecule has 1 amide bonds. The quantitative estimate of drug-likeness (QED) is 0.707. The van der Waals surface area contributed by atoms with Crippen LogP contribution < -0.4 is 11.1 Å². The fourth-order valence-electron chi connectivity index (χ4n) is 2.05. The van der Waals surface area contributed by atoms with Crippen LogP contribution in [0.5, 0.6) is 0 Å². The third kappa shape index (κ3) is 5.88. The van der Waals surface area contributed by atoms with E-state index in [4.69, 9.17) is 5.73 Å². The minimum absolute atomic E-state index is 0.00608. The van der Waals surface area contributed by atoms with Gasteiger partial charge in [-0.15, -0.1) is 0 Å². The van der Waals surface area contributed by atoms with Gasteiger partial charge in [0.1, 0.15) is 0 Å². The second-order valence-electron chi connectivity index (χ2n) is 5.12. The maximum atomic E-state index is 12.0. The molecule has 1 atom stereocenters. The summed E-state index contributed by atoms with van der Waals surface area (Å²) in [5, 5.41) is 3.04. The van der Waals surface area contributed by atoms with Crippen molar-refractivity contribution in [1.82, 2.24) is 5.32 Å². The van der Waals surface area contributed by atoms with Crippen molar-refractivity contribution in [3.8, 4) is 0 Å². The van der Waals surface area contributed by atoms with Gasteiger partial charge in [0.25, 0.3) is 5.91 Å². The van der Waals surface area contributed by atoms with Crippen molar-refractivity contribution < 1.29 is 4.79 Å². The van der Waals surface area contributed by atoms with E-state index >= 15 is 0 Å². The number of carbonyl (C=O) groups excluding carboxylic acids is 1. The first-order chi connectivity index (χ1) is 9.17. The van der Waals surface area contributed by atoms with Crippen LogP contribution in [0.3, 0.4) is 0 Å². The average molecular weight is 262 g/mol. The van der Waals surface area contributed by atoms with Crippen LogP contribution >= 0.6 is 0 Å². The summed E-state index contributed by atoms with van der Waals surface area (Å²) in [7, 11) is 0. The molecule has 3 nitrogen and oxygen atoms in total. The van der Waals surface area contributed by atoms with Crippen LogP contribution in [-0.4, -0.2) is 11.9 Å². The number of hydrogen-bond acceptors (Lipinski definition) is 2. The highest BCUT2D eigenvalue weighted by atomic mass is 16.1. The van der Waals surface area contributed by atoms with Crippen molar-refractivity contribution in [3.63, 3.8) is 0 Å². The average Bonchev–Trinajstić information content (AvgIpc) is 2.43. The summed E-state index contributed by atoms with van der Waals surface area (Å²) in [6.07, 6.45) is 6.01. The highest BCUT2D eigenvalue weighted by Crippen LogP contribution is 2.07. The summed E-state index contributed by atoms with van der Waals surface area (Å²) in [5.74, 6) is 0.00608. The zero-order valence-electron chi connectivity index (χ0n) is 12.1. The number of benzene rings is 1. The molecule has 0 heterocycles. The van der Waals surface area contributed by atoms with Gasteiger partial charge in [0, 0.05) is 18.2 Å². The van der Waals surface area contributed by atoms with E-state index in [9.17, 15) is 4.79 Å². The molecule has 106 valence electrons. The number of rotatable bonds is 8. The molecule has 0 radical (unpaired) electrons. The topological polar surface area (TPSA) is 55.1 Å². The van der Waals surface area contributed by atoms with Crippen LogP contribution in [0.2, 0.25) is 0 Å². The summed E-state index contributed by atoms with van der Waals surface area (Å²) in [6.45, 7) is 4.78. The third-order valence-electron chi connectivity index (χ3n) is 3.32. The highest BCUT2D eigenvalue weighted by molar-refractivity contribution is 5.94. The molecule has 0 saturated carbocycles. The van der Waals surface area contributed by atoms with Gasteiger partial charge in [-0.05, 0) is 31.0 Å². The van der Waals surface area contributed by atoms with Crippen molar-refractivity contribution in [2.24, 2.45) is 5.73 Å². The van der Waals surface area contributed by atoms with Crippen molar-refractivity contribution in [1.29, 1.82) is 0 Å². The lowest BCUT2D eigenvalue weighted by molar-refractivity contribution is 0.0938. The summed E-state index contributed by atoms with van der Waals surface area (Å²) in [6, 6.07) is 7.71. The fraction of sp³-hybridized carbons (Fsp3) is 0.562. The maximum Gasteiger partial charge on any atom is 0.251 e. The molecule has 0 fully saturated rings. The van der Waals surface area contributed by atoms with Crippen molar-refractivity contribution in [2.75, 3.05) is 0 Å². The Morgan fingerprint density at radius 3 is 2.47 bits per heavy atom. The first kappa shape index (κ1) is 15.7. The third-order valence-corrected chi connectivity index (χ3v) is 3.32. The predicted octanol–water partition coefficient (Wildman–Crippen LogP) is 3.23. The summed E-state index contributed by atoms with van der Waals surface area (Å²) in [4.78, 5) is 12.0. The van der Waals surface area contributed by atoms with Gasteiger partial charge in [-0.2, -0.15) is 0 Å². The zero-order valence-corrected chi connectivity index (χ0v) is 12.1. The summed E-state index contributed by atoms with van der Waals surface area (Å²) in [5.41, 5.74) is 7.29. The molecule has 3 heteroatoms. The molecule has 0 saturated heterocycles. The van der Waals surface area contributed by atoms with E-state index in [2.05, 4.69) is 19.2 Å². The summed E-state index contributed by atoms with van der Waals surface area (Å²) < 4.78 is 0. The Labute approximate surface area is 116 Å². The van der Waals surface area contributed by atoms with Gasteiger partial charge < -0.3 is 11.1 Å². The summed E-state index contributed by atoms with van der Waals surface area (Å²) >= 11 is 0. The molecule has 1 rings (SSSR count). The van der Waals surface area contributed by atoms with Crippen LogP contribution in [0.1, 0.15) is 61.9 Å². The molecule has 0 bridgehead atoms. The molecule has 1 unspecified atom stereocenters. The number of unbranched alkanes of at least 4 members (excludes halogenated alkanes) is 3. The lowest BCUT2D eigenvalue weighted by atomic mass is 10.1. The standard InChI is InChI=1S/C16H26N2O/c1-3-4-5-6-7-13(2)18-16(19)15-10-8-14(12-17)9-11-15/h8-11,13H,3-7,12,17H2,1-2H3,(H,18,19). The molecule has 19 heavy (non-hydrogen) atoms. The van der Waals surface area contributed by atoms with Crippen LogP contribution in [0.15, 0.2) is 24.3 Å². The molecule has 0 aromatic heterocycles. The molecular weight excluding hydrogens is 236 g/mol. The van der Waals surface area contributed by atoms with E-state index < -0.39 is 0 Å². The van der Waals surface area contributed by atoms with Gasteiger partial charge in [-0.3, -0.25) is 4.79 Å². The molecule has 1 aromatic rings. The van der Waals surface area contributed by atoms with Gasteiger partial charge in [-0.25, -0.2) is 0 Å². The van der Waals surface area contributed by atoms with Gasteiger partial charge in [0.15, 0.2) is 0 Å². The molecule has 0 spiro atoms. The Morgan fingerprint density at radius 2 is 1.89 bits per heavy atom. The van der Waals surface area contributed by atoms with E-state index in [1.807, 2.05) is 24.3 Å². The second kappa shape index (κ2) is 8.70. The van der Waals surface area contributed by atoms with Crippen LogP contribution in [-0.2, 0) is 6.54 Å². The molecule has 0 aliphatic rings. The molecular formula is C16H26N2O. The predicted molar refractivity (Wildman–Crippen MR) is 80.0 cm³/mol. The Bertz CT molecular complexity index is 373. The Morgan fingerprint density at radius 1 is 1.21 bits per heavy atom. The van der Waals surface area contributed by atoms with E-state index in [1.165, 1.54) is 25.7 Å². The molecule has 0 aliphatic heterocycles. The van der Waals surface area contributed by atoms with E-state index in [-0.39, 0.29) is 11.9 Å². The number of nitrogens with two attached hydrogens (primary N) is 1. The van der Waals surface area contributed by atoms with E-state index in [0.29, 0.717) is 12.1 Å². The number of hydrogen-bond donors (Lipinski definition) is 2. The van der Waals surface area contributed by atoms with Crippen LogP contribution in [0, 0.1) is 0 Å². The minimum Gasteiger partial charge on any atom is -0.350 e. The van der Waals surface area contributed by atoms with Gasteiger partial charge in [0.2, 0.25) is 0 Å². The fourth-order valence-corrected chi connectivity index (χ4v) is 2.05. The number of nitrogens with one attached hydrogen (secondary N) is 1. The van der Waals surface area contributed by atoms with Crippen LogP contribution in [0.25, 0.3) is 0 Å². The van der Waals surface area contributed by atoms with Gasteiger partial charge in [-0.1, -0.05) is 44.7 Å². The normalized spacial score (nSPS) is 12.2. The van der Waals surface area contributed by atoms with Crippen molar-refractivity contribution in [2.45, 2.75) is 58.5 Å². The largest absolute Gasteiger partial charge is 0.350 e. The lowest BCUT2D eigenvalue weighted by Crippen LogP contribution is -2.32. The Kier molecular flexibility index (Phi) is 7.19. The second-order valence-corrected chi connectivity index (χ2v) is 5.12. The maximum absolute atomic E-state index is 12.0. The Balaban J connectivity index is 2.36. The number of carbonyl (C=O) groups is 1. The van der Waals surface area contributed by atoms with E-state index in [1.54, 1.807) is 0 Å². The number of amides is 1. The molecule has 1 aromatic carbocycles. The van der Waals surface area contributed by atoms with Crippen molar-refractivity contribution in [3.05, 3.63) is 35.4 Å². The smallest absolute Gasteiger partial charge is 0.251 e. The van der Waals surface area contributed by atoms with E-state index in [0.717, 1.165) is 12.0 Å². The van der Waals surface area contributed by atoms with Gasteiger partial charge >= 0.3 is 0 Å². The first-order valence-electron chi connectivity index (χ1n) is 7.27. The highest BCUT2D eigenvalue weighted by Gasteiger charge is 2.09.